The average molecular weight is 334 g/mol. The molecule has 0 aliphatic rings. The molecule has 10 heteroatoms. The molecule has 0 radical (unpaired) electrons. The van der Waals surface area contributed by atoms with Crippen molar-refractivity contribution in [1.82, 2.24) is 0 Å². The van der Waals surface area contributed by atoms with E-state index in [1.54, 1.807) is 0 Å². The highest BCUT2D eigenvalue weighted by atomic mass is 16.6. The van der Waals surface area contributed by atoms with E-state index in [4.69, 9.17) is 10.2 Å². The third-order valence-electron chi connectivity index (χ3n) is 2.70. The maximum atomic E-state index is 10.2. The lowest BCUT2D eigenvalue weighted by Gasteiger charge is -1.95. The van der Waals surface area contributed by atoms with E-state index in [-0.39, 0.29) is 34.0 Å². The van der Waals surface area contributed by atoms with Crippen molar-refractivity contribution in [1.29, 1.82) is 0 Å². The fourth-order valence-corrected chi connectivity index (χ4v) is 1.50. The molecule has 10 nitrogen and oxygen atoms in total. The second kappa shape index (κ2) is 7.98. The van der Waals surface area contributed by atoms with E-state index in [1.807, 2.05) is 0 Å². The molecular weight excluding hydrogens is 324 g/mol. The molecule has 2 N–H and O–H groups in total. The number of hydrogen-bond donors (Lipinski definition) is 2. The van der Waals surface area contributed by atoms with E-state index in [0.29, 0.717) is 12.6 Å². The summed E-state index contributed by atoms with van der Waals surface area (Å²) in [6, 6.07) is 6.51. The molecule has 2 aromatic carbocycles. The number of phenolic OH excluding ortho intramolecular Hbond substituents is 2. The Morgan fingerprint density at radius 2 is 1.08 bits per heavy atom. The van der Waals surface area contributed by atoms with Gasteiger partial charge >= 0.3 is 0 Å². The van der Waals surface area contributed by atoms with Gasteiger partial charge in [-0.2, -0.15) is 0 Å². The van der Waals surface area contributed by atoms with Crippen LogP contribution in [0.25, 0.3) is 0 Å². The van der Waals surface area contributed by atoms with Gasteiger partial charge in [0.25, 0.3) is 11.4 Å². The first-order valence-electron chi connectivity index (χ1n) is 6.15. The average Bonchev–Trinajstić information content (AvgIpc) is 2.55. The van der Waals surface area contributed by atoms with Crippen molar-refractivity contribution in [2.45, 2.75) is 0 Å². The Morgan fingerprint density at radius 1 is 0.750 bits per heavy atom. The van der Waals surface area contributed by atoms with Crippen LogP contribution in [0.15, 0.2) is 36.4 Å². The number of rotatable bonds is 4. The first kappa shape index (κ1) is 18.2. The predicted molar refractivity (Wildman–Crippen MR) is 80.3 cm³/mol. The van der Waals surface area contributed by atoms with Gasteiger partial charge in [-0.1, -0.05) is 0 Å². The lowest BCUT2D eigenvalue weighted by molar-refractivity contribution is -0.385. The van der Waals surface area contributed by atoms with Crippen LogP contribution in [-0.4, -0.2) is 32.6 Å². The maximum Gasteiger partial charge on any atom is 0.270 e. The Morgan fingerprint density at radius 3 is 1.33 bits per heavy atom. The smallest absolute Gasteiger partial charge is 0.270 e. The number of aromatic hydroxyl groups is 2. The molecule has 0 saturated heterocycles. The molecule has 2 rings (SSSR count). The number of nitro groups is 2. The van der Waals surface area contributed by atoms with Crippen LogP contribution in [0.4, 0.5) is 11.4 Å². The van der Waals surface area contributed by atoms with Crippen LogP contribution < -0.4 is 0 Å². The second-order valence-corrected chi connectivity index (χ2v) is 4.24. The third kappa shape index (κ3) is 4.59. The van der Waals surface area contributed by atoms with Gasteiger partial charge in [0.1, 0.15) is 11.5 Å². The molecule has 0 atom stereocenters. The van der Waals surface area contributed by atoms with E-state index in [1.165, 1.54) is 0 Å². The molecule has 2 aromatic rings. The highest BCUT2D eigenvalue weighted by Crippen LogP contribution is 2.21. The van der Waals surface area contributed by atoms with Gasteiger partial charge in [-0.3, -0.25) is 29.8 Å². The standard InChI is InChI=1S/2C7H5NO4/c2*9-4-5-3-6(8(11)12)1-2-7(5)10/h2*1-4,10H. The molecular formula is C14H10N2O8. The van der Waals surface area contributed by atoms with Gasteiger partial charge < -0.3 is 10.2 Å². The molecule has 0 aliphatic carbocycles. The molecule has 0 fully saturated rings. The van der Waals surface area contributed by atoms with Gasteiger partial charge in [0.15, 0.2) is 12.6 Å². The van der Waals surface area contributed by atoms with Crippen molar-refractivity contribution in [3.8, 4) is 11.5 Å². The Kier molecular flexibility index (Phi) is 6.06. The van der Waals surface area contributed by atoms with Crippen molar-refractivity contribution in [3.05, 3.63) is 67.8 Å². The minimum atomic E-state index is -0.633. The number of non-ortho nitro benzene ring substituents is 2. The lowest BCUT2D eigenvalue weighted by Crippen LogP contribution is -1.89. The molecule has 0 bridgehead atoms. The second-order valence-electron chi connectivity index (χ2n) is 4.24. The zero-order valence-corrected chi connectivity index (χ0v) is 11.9. The fourth-order valence-electron chi connectivity index (χ4n) is 1.50. The number of carbonyl (C=O) groups excluding carboxylic acids is 2. The van der Waals surface area contributed by atoms with Crippen molar-refractivity contribution in [3.63, 3.8) is 0 Å². The highest BCUT2D eigenvalue weighted by molar-refractivity contribution is 5.80. The number of benzene rings is 2. The van der Waals surface area contributed by atoms with Gasteiger partial charge in [0.2, 0.25) is 0 Å². The molecule has 0 amide bonds. The number of nitrogens with zero attached hydrogens (tertiary/aromatic N) is 2. The summed E-state index contributed by atoms with van der Waals surface area (Å²) in [7, 11) is 0. The van der Waals surface area contributed by atoms with E-state index >= 15 is 0 Å². The Balaban J connectivity index is 0.000000240. The Hall–Kier alpha value is -3.82. The Bertz CT molecular complexity index is 736. The van der Waals surface area contributed by atoms with Gasteiger partial charge in [0, 0.05) is 24.3 Å². The van der Waals surface area contributed by atoms with Crippen LogP contribution >= 0.6 is 0 Å². The first-order chi connectivity index (χ1) is 11.3. The summed E-state index contributed by atoms with van der Waals surface area (Å²) in [5, 5.41) is 38.3. The fraction of sp³-hybridized carbons (Fsp3) is 0. The molecule has 0 spiro atoms. The predicted octanol–water partition coefficient (Wildman–Crippen LogP) is 2.23. The third-order valence-corrected chi connectivity index (χ3v) is 2.70. The summed E-state index contributed by atoms with van der Waals surface area (Å²) in [5.41, 5.74) is -0.585. The molecule has 0 aliphatic heterocycles. The molecule has 0 saturated carbocycles. The molecule has 24 heavy (non-hydrogen) atoms. The number of phenols is 2. The van der Waals surface area contributed by atoms with Crippen LogP contribution in [0.3, 0.4) is 0 Å². The van der Waals surface area contributed by atoms with Crippen LogP contribution in [0.5, 0.6) is 11.5 Å². The largest absolute Gasteiger partial charge is 0.507 e. The minimum Gasteiger partial charge on any atom is -0.507 e. The van der Waals surface area contributed by atoms with Crippen molar-refractivity contribution in [2.24, 2.45) is 0 Å². The van der Waals surface area contributed by atoms with E-state index in [9.17, 15) is 29.8 Å². The maximum absolute atomic E-state index is 10.2. The molecule has 0 heterocycles. The normalized spacial score (nSPS) is 9.33. The molecule has 0 unspecified atom stereocenters. The summed E-state index contributed by atoms with van der Waals surface area (Å²) >= 11 is 0. The number of carbonyl (C=O) groups is 2. The SMILES string of the molecule is O=Cc1cc([N+](=O)[O-])ccc1O.O=Cc1cc([N+](=O)[O-])ccc1O. The summed E-state index contributed by atoms with van der Waals surface area (Å²) in [6.45, 7) is 0. The van der Waals surface area contributed by atoms with Crippen LogP contribution in [-0.2, 0) is 0 Å². The van der Waals surface area contributed by atoms with Crippen molar-refractivity contribution < 1.29 is 29.6 Å². The highest BCUT2D eigenvalue weighted by Gasteiger charge is 2.09. The quantitative estimate of drug-likeness (QED) is 0.488. The summed E-state index contributed by atoms with van der Waals surface area (Å²) in [6.07, 6.45) is 0.727. The van der Waals surface area contributed by atoms with E-state index in [0.717, 1.165) is 36.4 Å². The minimum absolute atomic E-state index is 0.0794. The van der Waals surface area contributed by atoms with Crippen LogP contribution in [0.2, 0.25) is 0 Å². The van der Waals surface area contributed by atoms with E-state index in [2.05, 4.69) is 0 Å². The monoisotopic (exact) mass is 334 g/mol. The molecule has 124 valence electrons. The topological polar surface area (TPSA) is 161 Å². The first-order valence-corrected chi connectivity index (χ1v) is 6.15. The van der Waals surface area contributed by atoms with E-state index < -0.39 is 9.85 Å². The molecule has 0 aromatic heterocycles. The van der Waals surface area contributed by atoms with Gasteiger partial charge in [-0.05, 0) is 12.1 Å². The van der Waals surface area contributed by atoms with Crippen molar-refractivity contribution in [2.75, 3.05) is 0 Å². The van der Waals surface area contributed by atoms with Crippen LogP contribution in [0, 0.1) is 20.2 Å². The number of nitro benzene ring substituents is 2. The number of hydrogen-bond acceptors (Lipinski definition) is 8. The van der Waals surface area contributed by atoms with Gasteiger partial charge in [-0.15, -0.1) is 0 Å². The van der Waals surface area contributed by atoms with Gasteiger partial charge in [0.05, 0.1) is 21.0 Å². The van der Waals surface area contributed by atoms with Crippen LogP contribution in [0.1, 0.15) is 20.7 Å². The zero-order chi connectivity index (χ0) is 18.3. The van der Waals surface area contributed by atoms with Gasteiger partial charge in [-0.25, -0.2) is 0 Å². The number of aldehydes is 2. The lowest BCUT2D eigenvalue weighted by atomic mass is 10.2. The summed E-state index contributed by atoms with van der Waals surface area (Å²) in [4.78, 5) is 39.6. The summed E-state index contributed by atoms with van der Waals surface area (Å²) < 4.78 is 0. The zero-order valence-electron chi connectivity index (χ0n) is 11.9. The van der Waals surface area contributed by atoms with Crippen molar-refractivity contribution >= 4 is 23.9 Å². The Labute approximate surface area is 133 Å². The summed E-state index contributed by atoms with van der Waals surface area (Å²) in [5.74, 6) is -0.508.